The minimum atomic E-state index is -8.87. The molecule has 0 atom stereocenters. The zero-order valence-corrected chi connectivity index (χ0v) is 17.5. The molecule has 0 bridgehead atoms. The molecular weight excluding hydrogens is 633 g/mol. The van der Waals surface area contributed by atoms with Crippen LogP contribution < -0.4 is 0 Å². The van der Waals surface area contributed by atoms with E-state index in [0.29, 0.717) is 0 Å². The molecule has 24 heteroatoms. The highest BCUT2D eigenvalue weighted by Crippen LogP contribution is 2.64. The smallest absolute Gasteiger partial charge is 0.331 e. The Kier molecular flexibility index (Phi) is 9.31. The summed E-state index contributed by atoms with van der Waals surface area (Å²) in [6.45, 7) is 0. The highest BCUT2D eigenvalue weighted by atomic mass is 19.4. The van der Waals surface area contributed by atoms with Crippen LogP contribution in [-0.4, -0.2) is 70.7 Å². The van der Waals surface area contributed by atoms with E-state index in [1.165, 1.54) is 0 Å². The zero-order chi connectivity index (χ0) is 32.3. The molecule has 0 aliphatic heterocycles. The third-order valence-corrected chi connectivity index (χ3v) is 4.86. The molecule has 0 spiro atoms. The molecule has 0 amide bonds. The van der Waals surface area contributed by atoms with Crippen LogP contribution in [0, 0.1) is 0 Å². The van der Waals surface area contributed by atoms with E-state index in [4.69, 9.17) is 5.11 Å². The monoisotopic (exact) mass is 642 g/mol. The predicted molar refractivity (Wildman–Crippen MR) is 76.2 cm³/mol. The molecule has 236 valence electrons. The Morgan fingerprint density at radius 1 is 0.308 bits per heavy atom. The molecule has 1 nitrogen and oxygen atoms in total. The summed E-state index contributed by atoms with van der Waals surface area (Å²) < 4.78 is 298. The van der Waals surface area contributed by atoms with Gasteiger partial charge in [-0.15, -0.1) is 0 Å². The molecule has 0 aromatic heterocycles. The molecule has 1 N–H and O–H groups in total. The van der Waals surface area contributed by atoms with E-state index in [2.05, 4.69) is 0 Å². The molecular formula is C15H9F23O. The van der Waals surface area contributed by atoms with Crippen LogP contribution in [0.5, 0.6) is 0 Å². The fourth-order valence-corrected chi connectivity index (χ4v) is 2.42. The number of aliphatic hydroxyl groups is 1. The van der Waals surface area contributed by atoms with Gasteiger partial charge < -0.3 is 5.11 Å². The summed E-state index contributed by atoms with van der Waals surface area (Å²) in [5.41, 5.74) is 0. The number of hydrogen-bond donors (Lipinski definition) is 1. The Morgan fingerprint density at radius 3 is 0.795 bits per heavy atom. The Bertz CT molecular complexity index is 847. The van der Waals surface area contributed by atoms with Gasteiger partial charge in [-0.25, -0.2) is 0 Å². The van der Waals surface area contributed by atoms with E-state index in [9.17, 15) is 101 Å². The van der Waals surface area contributed by atoms with Crippen molar-refractivity contribution in [3.8, 4) is 0 Å². The topological polar surface area (TPSA) is 20.2 Å². The van der Waals surface area contributed by atoms with Gasteiger partial charge in [0.1, 0.15) is 0 Å². The first kappa shape index (κ1) is 37.4. The van der Waals surface area contributed by atoms with Gasteiger partial charge in [0.05, 0.1) is 0 Å². The SMILES string of the molecule is OC(F)(F)C(F)(F)C(F)(F)CCCCC(F)(F)C(F)(F)C(F)(F)C(F)(F)C(F)(F)C(F)(F)C(F)(F)C(F)(F)F. The minimum absolute atomic E-state index is 2.10. The van der Waals surface area contributed by atoms with Gasteiger partial charge in [-0.1, -0.05) is 0 Å². The third-order valence-electron chi connectivity index (χ3n) is 4.86. The van der Waals surface area contributed by atoms with E-state index in [-0.39, 0.29) is 0 Å². The van der Waals surface area contributed by atoms with Crippen molar-refractivity contribution < 1.29 is 106 Å². The first-order valence-corrected chi connectivity index (χ1v) is 9.03. The molecule has 39 heavy (non-hydrogen) atoms. The Morgan fingerprint density at radius 2 is 0.538 bits per heavy atom. The fraction of sp³-hybridized carbons (Fsp3) is 1.00. The summed E-state index contributed by atoms with van der Waals surface area (Å²) >= 11 is 0. The van der Waals surface area contributed by atoms with Crippen molar-refractivity contribution in [3.63, 3.8) is 0 Å². The Hall–Kier alpha value is -1.65. The number of unbranched alkanes of at least 4 members (excludes halogenated alkanes) is 1. The quantitative estimate of drug-likeness (QED) is 0.158. The molecule has 0 aliphatic carbocycles. The van der Waals surface area contributed by atoms with Crippen LogP contribution in [-0.2, 0) is 0 Å². The van der Waals surface area contributed by atoms with Crippen molar-refractivity contribution in [2.45, 2.75) is 91.3 Å². The highest BCUT2D eigenvalue weighted by molar-refractivity contribution is 5.15. The van der Waals surface area contributed by atoms with Crippen molar-refractivity contribution in [1.82, 2.24) is 0 Å². The zero-order valence-electron chi connectivity index (χ0n) is 17.5. The summed E-state index contributed by atoms with van der Waals surface area (Å²) in [7, 11) is 0. The van der Waals surface area contributed by atoms with Crippen LogP contribution in [0.1, 0.15) is 25.7 Å². The van der Waals surface area contributed by atoms with Gasteiger partial charge in [-0.2, -0.15) is 101 Å². The maximum Gasteiger partial charge on any atom is 0.460 e. The van der Waals surface area contributed by atoms with Crippen LogP contribution in [0.15, 0.2) is 0 Å². The lowest BCUT2D eigenvalue weighted by Gasteiger charge is -2.42. The van der Waals surface area contributed by atoms with Crippen LogP contribution in [0.2, 0.25) is 0 Å². The van der Waals surface area contributed by atoms with Crippen LogP contribution in [0.4, 0.5) is 101 Å². The maximum atomic E-state index is 13.6. The average molecular weight is 642 g/mol. The summed E-state index contributed by atoms with van der Waals surface area (Å²) in [6.07, 6.45) is -24.7. The molecule has 0 rings (SSSR count). The normalized spacial score (nSPS) is 16.6. The lowest BCUT2D eigenvalue weighted by atomic mass is 9.87. The molecule has 0 aliphatic rings. The number of alkyl halides is 23. The Labute approximate surface area is 198 Å². The number of halogens is 23. The van der Waals surface area contributed by atoms with E-state index in [0.717, 1.165) is 0 Å². The number of rotatable bonds is 13. The van der Waals surface area contributed by atoms with Gasteiger partial charge in [0.15, 0.2) is 0 Å². The van der Waals surface area contributed by atoms with Crippen molar-refractivity contribution in [1.29, 1.82) is 0 Å². The van der Waals surface area contributed by atoms with Gasteiger partial charge in [0.2, 0.25) is 0 Å². The number of hydrogen-bond acceptors (Lipinski definition) is 1. The van der Waals surface area contributed by atoms with E-state index in [1.807, 2.05) is 0 Å². The van der Waals surface area contributed by atoms with Crippen LogP contribution >= 0.6 is 0 Å². The van der Waals surface area contributed by atoms with Crippen LogP contribution in [0.3, 0.4) is 0 Å². The lowest BCUT2D eigenvalue weighted by Crippen LogP contribution is -2.74. The first-order valence-electron chi connectivity index (χ1n) is 9.03. The standard InChI is InChI=1S/C15H9F23O/c16-5(17,3-1-2-4-6(18,19)8(22,23)15(37,38)39)7(20,21)9(24,25)10(26,27)11(28,29)12(30,31)13(32,33)14(34,35)36/h39H,1-4H2. The molecule has 0 aromatic rings. The van der Waals surface area contributed by atoms with Gasteiger partial charge in [-0.3, -0.25) is 0 Å². The Balaban J connectivity index is 6.15. The fourth-order valence-electron chi connectivity index (χ4n) is 2.42. The van der Waals surface area contributed by atoms with Crippen molar-refractivity contribution in [2.24, 2.45) is 0 Å². The maximum absolute atomic E-state index is 13.6. The molecule has 0 fully saturated rings. The molecule has 0 unspecified atom stereocenters. The molecule has 0 saturated heterocycles. The van der Waals surface area contributed by atoms with Gasteiger partial charge in [-0.05, 0) is 12.8 Å². The summed E-state index contributed by atoms with van der Waals surface area (Å²) in [5.74, 6) is -71.2. The summed E-state index contributed by atoms with van der Waals surface area (Å²) in [6, 6.07) is 0. The van der Waals surface area contributed by atoms with Gasteiger partial charge in [0.25, 0.3) is 0 Å². The second kappa shape index (κ2) is 9.72. The van der Waals surface area contributed by atoms with Crippen LogP contribution in [0.25, 0.3) is 0 Å². The second-order valence-electron chi connectivity index (χ2n) is 7.68. The first-order chi connectivity index (χ1) is 16.5. The second-order valence-corrected chi connectivity index (χ2v) is 7.68. The summed E-state index contributed by atoms with van der Waals surface area (Å²) in [5, 5.41) is 7.70. The van der Waals surface area contributed by atoms with Crippen molar-refractivity contribution in [3.05, 3.63) is 0 Å². The van der Waals surface area contributed by atoms with Crippen molar-refractivity contribution >= 4 is 0 Å². The van der Waals surface area contributed by atoms with Gasteiger partial charge in [0, 0.05) is 12.8 Å². The lowest BCUT2D eigenvalue weighted by molar-refractivity contribution is -0.461. The summed E-state index contributed by atoms with van der Waals surface area (Å²) in [4.78, 5) is 0. The largest absolute Gasteiger partial charge is 0.460 e. The average Bonchev–Trinajstić information content (AvgIpc) is 2.68. The molecule has 0 saturated carbocycles. The molecule has 0 radical (unpaired) electrons. The van der Waals surface area contributed by atoms with Gasteiger partial charge >= 0.3 is 65.6 Å². The predicted octanol–water partition coefficient (Wildman–Crippen LogP) is 8.41. The molecule has 0 heterocycles. The third kappa shape index (κ3) is 5.49. The van der Waals surface area contributed by atoms with E-state index < -0.39 is 91.3 Å². The van der Waals surface area contributed by atoms with E-state index >= 15 is 0 Å². The van der Waals surface area contributed by atoms with Crippen molar-refractivity contribution in [2.75, 3.05) is 0 Å². The van der Waals surface area contributed by atoms with E-state index in [1.54, 1.807) is 0 Å². The minimum Gasteiger partial charge on any atom is -0.331 e. The molecule has 0 aromatic carbocycles. The highest BCUT2D eigenvalue weighted by Gasteiger charge is 2.95.